The molecule has 0 aliphatic carbocycles. The molecule has 27 heavy (non-hydrogen) atoms. The number of amides is 1. The van der Waals surface area contributed by atoms with E-state index in [1.165, 1.54) is 0 Å². The molecule has 2 aliphatic rings. The van der Waals surface area contributed by atoms with E-state index in [0.717, 1.165) is 75.6 Å². The predicted molar refractivity (Wildman–Crippen MR) is 107 cm³/mol. The lowest BCUT2D eigenvalue weighted by atomic mass is 10.1. The van der Waals surface area contributed by atoms with Crippen molar-refractivity contribution in [3.63, 3.8) is 0 Å². The number of aromatic nitrogens is 1. The van der Waals surface area contributed by atoms with Crippen molar-refractivity contribution in [1.82, 2.24) is 19.3 Å². The van der Waals surface area contributed by atoms with Crippen molar-refractivity contribution < 1.29 is 9.59 Å². The molecule has 0 unspecified atom stereocenters. The van der Waals surface area contributed by atoms with Crippen LogP contribution in [0.25, 0.3) is 0 Å². The third kappa shape index (κ3) is 4.68. The molecule has 0 bridgehead atoms. The Morgan fingerprint density at radius 3 is 2.19 bits per heavy atom. The number of carbonyl (C=O) groups is 2. The van der Waals surface area contributed by atoms with Crippen LogP contribution in [0.1, 0.15) is 34.6 Å². The number of hydrogen-bond acceptors (Lipinski definition) is 4. The first-order valence-corrected chi connectivity index (χ1v) is 10.0. The number of nitrogens with zero attached hydrogens (tertiary/aromatic N) is 4. The van der Waals surface area contributed by atoms with Gasteiger partial charge in [-0.05, 0) is 32.8 Å². The summed E-state index contributed by atoms with van der Waals surface area (Å²) in [5.74, 6) is 0.437. The Bertz CT molecular complexity index is 695. The molecule has 2 aliphatic heterocycles. The quantitative estimate of drug-likeness (QED) is 0.540. The average molecular weight is 373 g/mol. The molecule has 0 atom stereocenters. The van der Waals surface area contributed by atoms with Crippen molar-refractivity contribution in [3.8, 4) is 0 Å². The SMILES string of the molecule is C=CCn1c(C)cc(C(=O)CN2CCN(CC(=O)N3CCCC3)CC2)c1C. The first-order valence-electron chi connectivity index (χ1n) is 10.0. The van der Waals surface area contributed by atoms with E-state index in [4.69, 9.17) is 0 Å². The van der Waals surface area contributed by atoms with E-state index in [-0.39, 0.29) is 11.7 Å². The summed E-state index contributed by atoms with van der Waals surface area (Å²) in [6.45, 7) is 14.7. The van der Waals surface area contributed by atoms with Gasteiger partial charge in [0.25, 0.3) is 0 Å². The fraction of sp³-hybridized carbons (Fsp3) is 0.619. The normalized spacial score (nSPS) is 18.8. The third-order valence-corrected chi connectivity index (χ3v) is 5.84. The van der Waals surface area contributed by atoms with E-state index >= 15 is 0 Å². The molecule has 3 heterocycles. The van der Waals surface area contributed by atoms with Gasteiger partial charge in [-0.3, -0.25) is 19.4 Å². The fourth-order valence-corrected chi connectivity index (χ4v) is 4.15. The lowest BCUT2D eigenvalue weighted by molar-refractivity contribution is -0.131. The molecule has 2 fully saturated rings. The van der Waals surface area contributed by atoms with Gasteiger partial charge >= 0.3 is 0 Å². The molecule has 1 aromatic rings. The number of allylic oxidation sites excluding steroid dienone is 1. The number of piperazine rings is 1. The Balaban J connectivity index is 1.49. The molecule has 0 saturated carbocycles. The monoisotopic (exact) mass is 372 g/mol. The maximum atomic E-state index is 12.8. The van der Waals surface area contributed by atoms with Crippen LogP contribution in [0.3, 0.4) is 0 Å². The van der Waals surface area contributed by atoms with Crippen LogP contribution in [0, 0.1) is 13.8 Å². The molecular weight excluding hydrogens is 340 g/mol. The number of aryl methyl sites for hydroxylation is 1. The van der Waals surface area contributed by atoms with Gasteiger partial charge in [0.1, 0.15) is 0 Å². The lowest BCUT2D eigenvalue weighted by Crippen LogP contribution is -2.50. The van der Waals surface area contributed by atoms with Gasteiger partial charge < -0.3 is 9.47 Å². The second-order valence-corrected chi connectivity index (χ2v) is 7.75. The number of carbonyl (C=O) groups excluding carboxylic acids is 2. The summed E-state index contributed by atoms with van der Waals surface area (Å²) in [6.07, 6.45) is 4.13. The van der Waals surface area contributed by atoms with Crippen LogP contribution in [0.4, 0.5) is 0 Å². The second kappa shape index (κ2) is 8.85. The molecule has 1 amide bonds. The van der Waals surface area contributed by atoms with E-state index in [2.05, 4.69) is 20.9 Å². The van der Waals surface area contributed by atoms with Gasteiger partial charge in [0.05, 0.1) is 13.1 Å². The van der Waals surface area contributed by atoms with Crippen LogP contribution >= 0.6 is 0 Å². The summed E-state index contributed by atoms with van der Waals surface area (Å²) in [5, 5.41) is 0. The Labute approximate surface area is 162 Å². The summed E-state index contributed by atoms with van der Waals surface area (Å²) in [7, 11) is 0. The van der Waals surface area contributed by atoms with E-state index in [9.17, 15) is 9.59 Å². The number of rotatable bonds is 7. The van der Waals surface area contributed by atoms with Crippen molar-refractivity contribution in [2.45, 2.75) is 33.2 Å². The minimum Gasteiger partial charge on any atom is -0.345 e. The molecule has 6 nitrogen and oxygen atoms in total. The smallest absolute Gasteiger partial charge is 0.236 e. The minimum absolute atomic E-state index is 0.181. The van der Waals surface area contributed by atoms with Gasteiger partial charge in [0.15, 0.2) is 5.78 Å². The van der Waals surface area contributed by atoms with Crippen molar-refractivity contribution in [1.29, 1.82) is 0 Å². The molecule has 0 aromatic carbocycles. The molecule has 148 valence electrons. The van der Waals surface area contributed by atoms with Gasteiger partial charge in [-0.15, -0.1) is 6.58 Å². The Morgan fingerprint density at radius 1 is 1.00 bits per heavy atom. The van der Waals surface area contributed by atoms with Crippen LogP contribution in [-0.4, -0.2) is 83.3 Å². The highest BCUT2D eigenvalue weighted by Gasteiger charge is 2.25. The number of likely N-dealkylation sites (tertiary alicyclic amines) is 1. The van der Waals surface area contributed by atoms with Crippen LogP contribution in [0.2, 0.25) is 0 Å². The zero-order valence-electron chi connectivity index (χ0n) is 16.7. The Hall–Kier alpha value is -1.92. The third-order valence-electron chi connectivity index (χ3n) is 5.84. The van der Waals surface area contributed by atoms with Gasteiger partial charge in [0, 0.05) is 62.8 Å². The first-order chi connectivity index (χ1) is 13.0. The maximum Gasteiger partial charge on any atom is 0.236 e. The van der Waals surface area contributed by atoms with Gasteiger partial charge in [0.2, 0.25) is 5.91 Å². The first kappa shape index (κ1) is 19.8. The highest BCUT2D eigenvalue weighted by atomic mass is 16.2. The summed E-state index contributed by atoms with van der Waals surface area (Å²) in [4.78, 5) is 31.5. The Kier molecular flexibility index (Phi) is 6.50. The minimum atomic E-state index is 0.181. The van der Waals surface area contributed by atoms with Crippen LogP contribution in [0.5, 0.6) is 0 Å². The van der Waals surface area contributed by atoms with Crippen molar-refractivity contribution in [2.75, 3.05) is 52.4 Å². The summed E-state index contributed by atoms with van der Waals surface area (Å²) < 4.78 is 2.13. The van der Waals surface area contributed by atoms with Crippen LogP contribution < -0.4 is 0 Å². The largest absolute Gasteiger partial charge is 0.345 e. The summed E-state index contributed by atoms with van der Waals surface area (Å²) in [6, 6.07) is 1.99. The Morgan fingerprint density at radius 2 is 1.59 bits per heavy atom. The second-order valence-electron chi connectivity index (χ2n) is 7.75. The van der Waals surface area contributed by atoms with Gasteiger partial charge in [-0.1, -0.05) is 6.08 Å². The molecular formula is C21H32N4O2. The maximum absolute atomic E-state index is 12.8. The molecule has 2 saturated heterocycles. The van der Waals surface area contributed by atoms with E-state index in [1.54, 1.807) is 0 Å². The van der Waals surface area contributed by atoms with E-state index < -0.39 is 0 Å². The highest BCUT2D eigenvalue weighted by Crippen LogP contribution is 2.17. The molecule has 0 N–H and O–H groups in total. The van der Waals surface area contributed by atoms with E-state index in [0.29, 0.717) is 13.1 Å². The number of Topliss-reactive ketones (excluding diaryl/α,β-unsaturated/α-hetero) is 1. The highest BCUT2D eigenvalue weighted by molar-refractivity contribution is 5.99. The van der Waals surface area contributed by atoms with Crippen molar-refractivity contribution in [3.05, 3.63) is 35.7 Å². The molecule has 1 aromatic heterocycles. The molecule has 3 rings (SSSR count). The zero-order chi connectivity index (χ0) is 19.4. The lowest BCUT2D eigenvalue weighted by Gasteiger charge is -2.34. The van der Waals surface area contributed by atoms with Gasteiger partial charge in [-0.25, -0.2) is 0 Å². The van der Waals surface area contributed by atoms with Crippen LogP contribution in [0.15, 0.2) is 18.7 Å². The van der Waals surface area contributed by atoms with Crippen molar-refractivity contribution >= 4 is 11.7 Å². The van der Waals surface area contributed by atoms with Crippen LogP contribution in [-0.2, 0) is 11.3 Å². The molecule has 0 radical (unpaired) electrons. The van der Waals surface area contributed by atoms with E-state index in [1.807, 2.05) is 30.9 Å². The number of ketones is 1. The molecule has 0 spiro atoms. The fourth-order valence-electron chi connectivity index (χ4n) is 4.15. The zero-order valence-corrected chi connectivity index (χ0v) is 16.7. The van der Waals surface area contributed by atoms with Crippen molar-refractivity contribution in [2.24, 2.45) is 0 Å². The summed E-state index contributed by atoms with van der Waals surface area (Å²) in [5.41, 5.74) is 2.94. The standard InChI is InChI=1S/C21H32N4O2/c1-4-7-25-17(2)14-19(18(25)3)20(26)15-22-10-12-23(13-11-22)16-21(27)24-8-5-6-9-24/h4,14H,1,5-13,15-16H2,2-3H3. The van der Waals surface area contributed by atoms with Gasteiger partial charge in [-0.2, -0.15) is 0 Å². The topological polar surface area (TPSA) is 48.8 Å². The average Bonchev–Trinajstić information content (AvgIpc) is 3.28. The predicted octanol–water partition coefficient (Wildman–Crippen LogP) is 1.71. The summed E-state index contributed by atoms with van der Waals surface area (Å²) >= 11 is 0. The molecule has 6 heteroatoms. The number of hydrogen-bond donors (Lipinski definition) is 0.